The van der Waals surface area contributed by atoms with Gasteiger partial charge in [0.2, 0.25) is 0 Å². The van der Waals surface area contributed by atoms with Gasteiger partial charge in [-0.1, -0.05) is 36.4 Å². The maximum atomic E-state index is 12.1. The second-order valence-corrected chi connectivity index (χ2v) is 5.89. The van der Waals surface area contributed by atoms with E-state index in [9.17, 15) is 14.7 Å². The van der Waals surface area contributed by atoms with Gasteiger partial charge in [0.1, 0.15) is 11.8 Å². The molecule has 0 unspecified atom stereocenters. The summed E-state index contributed by atoms with van der Waals surface area (Å²) >= 11 is 0. The Morgan fingerprint density at radius 1 is 1.23 bits per heavy atom. The van der Waals surface area contributed by atoms with Crippen LogP contribution in [0.3, 0.4) is 0 Å². The first-order valence-electron chi connectivity index (χ1n) is 8.36. The zero-order valence-corrected chi connectivity index (χ0v) is 14.6. The van der Waals surface area contributed by atoms with Crippen LogP contribution in [-0.2, 0) is 9.59 Å². The predicted octanol–water partition coefficient (Wildman–Crippen LogP) is 1.95. The lowest BCUT2D eigenvalue weighted by Gasteiger charge is -2.15. The second-order valence-electron chi connectivity index (χ2n) is 5.89. The molecule has 7 nitrogen and oxygen atoms in total. The van der Waals surface area contributed by atoms with E-state index in [1.807, 2.05) is 36.4 Å². The van der Waals surface area contributed by atoms with Crippen LogP contribution < -0.4 is 15.8 Å². The number of aliphatic carboxylic acids is 1. The molecule has 0 spiro atoms. The molecule has 0 aliphatic heterocycles. The van der Waals surface area contributed by atoms with E-state index in [-0.39, 0.29) is 13.0 Å². The summed E-state index contributed by atoms with van der Waals surface area (Å²) in [6.07, 6.45) is 0.780. The second kappa shape index (κ2) is 9.41. The van der Waals surface area contributed by atoms with Crippen LogP contribution in [-0.4, -0.2) is 42.0 Å². The summed E-state index contributed by atoms with van der Waals surface area (Å²) in [4.78, 5) is 27.4. The Labute approximate surface area is 151 Å². The van der Waals surface area contributed by atoms with Crippen molar-refractivity contribution < 1.29 is 19.4 Å². The Morgan fingerprint density at radius 2 is 1.96 bits per heavy atom. The molecule has 0 saturated carbocycles. The highest BCUT2D eigenvalue weighted by Gasteiger charge is 2.19. The van der Waals surface area contributed by atoms with Crippen LogP contribution in [0.15, 0.2) is 47.5 Å². The van der Waals surface area contributed by atoms with Gasteiger partial charge in [-0.3, -0.25) is 9.79 Å². The topological polar surface area (TPSA) is 114 Å². The Balaban J connectivity index is 1.89. The fraction of sp³-hybridized carbons (Fsp3) is 0.316. The molecule has 0 aliphatic rings. The third-order valence-electron chi connectivity index (χ3n) is 3.75. The van der Waals surface area contributed by atoms with Crippen molar-refractivity contribution in [3.8, 4) is 5.75 Å². The van der Waals surface area contributed by atoms with Crippen LogP contribution in [0.1, 0.15) is 19.8 Å². The number of rotatable bonds is 9. The SMILES string of the molecule is CC(N)=NCCC[C@H](NC(=O)COc1cccc2ccccc12)C(=O)O. The van der Waals surface area contributed by atoms with Crippen molar-refractivity contribution in [2.24, 2.45) is 10.7 Å². The van der Waals surface area contributed by atoms with Crippen molar-refractivity contribution in [3.63, 3.8) is 0 Å². The molecule has 26 heavy (non-hydrogen) atoms. The minimum absolute atomic E-state index is 0.252. The van der Waals surface area contributed by atoms with Gasteiger partial charge < -0.3 is 20.9 Å². The van der Waals surface area contributed by atoms with E-state index >= 15 is 0 Å². The molecular weight excluding hydrogens is 334 g/mol. The number of aliphatic imine (C=N–C) groups is 1. The predicted molar refractivity (Wildman–Crippen MR) is 100 cm³/mol. The molecule has 0 heterocycles. The Morgan fingerprint density at radius 3 is 2.69 bits per heavy atom. The summed E-state index contributed by atoms with van der Waals surface area (Å²) in [6, 6.07) is 12.3. The molecule has 2 aromatic rings. The van der Waals surface area contributed by atoms with E-state index in [1.165, 1.54) is 0 Å². The van der Waals surface area contributed by atoms with Crippen LogP contribution in [0.2, 0.25) is 0 Å². The summed E-state index contributed by atoms with van der Waals surface area (Å²) in [7, 11) is 0. The van der Waals surface area contributed by atoms with Crippen molar-refractivity contribution in [2.75, 3.05) is 13.2 Å². The third kappa shape index (κ3) is 5.77. The number of carboxylic acids is 1. The number of benzene rings is 2. The Kier molecular flexibility index (Phi) is 6.96. The first-order chi connectivity index (χ1) is 12.5. The number of amides is 1. The van der Waals surface area contributed by atoms with Crippen LogP contribution in [0, 0.1) is 0 Å². The van der Waals surface area contributed by atoms with Crippen molar-refractivity contribution in [1.29, 1.82) is 0 Å². The molecule has 0 fully saturated rings. The first kappa shape index (κ1) is 19.2. The molecule has 0 aromatic heterocycles. The molecule has 138 valence electrons. The largest absolute Gasteiger partial charge is 0.483 e. The van der Waals surface area contributed by atoms with Gasteiger partial charge in [-0.25, -0.2) is 4.79 Å². The molecule has 1 amide bonds. The lowest BCUT2D eigenvalue weighted by Crippen LogP contribution is -2.43. The van der Waals surface area contributed by atoms with Crippen molar-refractivity contribution in [2.45, 2.75) is 25.8 Å². The molecule has 0 saturated heterocycles. The van der Waals surface area contributed by atoms with Crippen LogP contribution >= 0.6 is 0 Å². The van der Waals surface area contributed by atoms with Gasteiger partial charge in [0, 0.05) is 11.9 Å². The molecule has 1 atom stereocenters. The molecule has 7 heteroatoms. The lowest BCUT2D eigenvalue weighted by atomic mass is 10.1. The summed E-state index contributed by atoms with van der Waals surface area (Å²) in [5.41, 5.74) is 5.43. The van der Waals surface area contributed by atoms with E-state index in [0.717, 1.165) is 10.8 Å². The Bertz CT molecular complexity index is 795. The number of fused-ring (bicyclic) bond motifs is 1. The molecule has 0 aliphatic carbocycles. The standard InChI is InChI=1S/C19H23N3O4/c1-13(20)21-11-5-9-16(19(24)25)22-18(23)12-26-17-10-4-7-14-6-2-3-8-15(14)17/h2-4,6-8,10,16H,5,9,11-12H2,1H3,(H2,20,21)(H,22,23)(H,24,25)/t16-/m0/s1. The molecule has 0 bridgehead atoms. The highest BCUT2D eigenvalue weighted by Crippen LogP contribution is 2.24. The number of carbonyl (C=O) groups is 2. The number of amidine groups is 1. The van der Waals surface area contributed by atoms with Gasteiger partial charge in [0.25, 0.3) is 5.91 Å². The average Bonchev–Trinajstić information content (AvgIpc) is 2.62. The highest BCUT2D eigenvalue weighted by atomic mass is 16.5. The fourth-order valence-electron chi connectivity index (χ4n) is 2.51. The quantitative estimate of drug-likeness (QED) is 0.360. The summed E-state index contributed by atoms with van der Waals surface area (Å²) in [5.74, 6) is -0.539. The number of nitrogens with one attached hydrogen (secondary N) is 1. The average molecular weight is 357 g/mol. The molecule has 0 radical (unpaired) electrons. The van der Waals surface area contributed by atoms with E-state index in [2.05, 4.69) is 10.3 Å². The number of carboxylic acid groups (broad SMARTS) is 1. The molecule has 2 aromatic carbocycles. The summed E-state index contributed by atoms with van der Waals surface area (Å²) < 4.78 is 5.58. The van der Waals surface area contributed by atoms with E-state index in [4.69, 9.17) is 10.5 Å². The van der Waals surface area contributed by atoms with Crippen molar-refractivity contribution in [1.82, 2.24) is 5.32 Å². The molecule has 2 rings (SSSR count). The van der Waals surface area contributed by atoms with Crippen LogP contribution in [0.4, 0.5) is 0 Å². The van der Waals surface area contributed by atoms with E-state index < -0.39 is 17.9 Å². The fourth-order valence-corrected chi connectivity index (χ4v) is 2.51. The van der Waals surface area contributed by atoms with Crippen molar-refractivity contribution in [3.05, 3.63) is 42.5 Å². The van der Waals surface area contributed by atoms with Crippen molar-refractivity contribution >= 4 is 28.5 Å². The Hall–Kier alpha value is -3.09. The third-order valence-corrected chi connectivity index (χ3v) is 3.75. The van der Waals surface area contributed by atoms with Gasteiger partial charge in [0.05, 0.1) is 5.84 Å². The number of ether oxygens (including phenoxy) is 1. The number of hydrogen-bond acceptors (Lipinski definition) is 4. The number of hydrogen-bond donors (Lipinski definition) is 3. The smallest absolute Gasteiger partial charge is 0.326 e. The maximum Gasteiger partial charge on any atom is 0.326 e. The number of nitrogens with zero attached hydrogens (tertiary/aromatic N) is 1. The van der Waals surface area contributed by atoms with Gasteiger partial charge in [-0.2, -0.15) is 0 Å². The zero-order valence-electron chi connectivity index (χ0n) is 14.6. The van der Waals surface area contributed by atoms with Gasteiger partial charge >= 0.3 is 5.97 Å². The molecule has 4 N–H and O–H groups in total. The normalized spacial score (nSPS) is 12.6. The number of nitrogens with two attached hydrogens (primary N) is 1. The number of carbonyl (C=O) groups excluding carboxylic acids is 1. The monoisotopic (exact) mass is 357 g/mol. The molecular formula is C19H23N3O4. The minimum Gasteiger partial charge on any atom is -0.483 e. The zero-order chi connectivity index (χ0) is 18.9. The lowest BCUT2D eigenvalue weighted by molar-refractivity contribution is -0.142. The highest BCUT2D eigenvalue weighted by molar-refractivity contribution is 5.89. The minimum atomic E-state index is -1.09. The summed E-state index contributed by atoms with van der Waals surface area (Å²) in [6.45, 7) is 1.84. The summed E-state index contributed by atoms with van der Waals surface area (Å²) in [5, 5.41) is 13.6. The van der Waals surface area contributed by atoms with E-state index in [0.29, 0.717) is 24.6 Å². The maximum absolute atomic E-state index is 12.1. The van der Waals surface area contributed by atoms with E-state index in [1.54, 1.807) is 13.0 Å². The van der Waals surface area contributed by atoms with Gasteiger partial charge in [-0.05, 0) is 31.2 Å². The van der Waals surface area contributed by atoms with Gasteiger partial charge in [-0.15, -0.1) is 0 Å². The van der Waals surface area contributed by atoms with Gasteiger partial charge in [0.15, 0.2) is 6.61 Å². The van der Waals surface area contributed by atoms with Crippen LogP contribution in [0.25, 0.3) is 10.8 Å². The first-order valence-corrected chi connectivity index (χ1v) is 8.36. The van der Waals surface area contributed by atoms with Crippen LogP contribution in [0.5, 0.6) is 5.75 Å².